The first-order chi connectivity index (χ1) is 8.22. The fourth-order valence-corrected chi connectivity index (χ4v) is 2.60. The average Bonchev–Trinajstić information content (AvgIpc) is 2.61. The van der Waals surface area contributed by atoms with Gasteiger partial charge in [-0.3, -0.25) is 4.84 Å². The first-order valence-corrected chi connectivity index (χ1v) is 6.79. The Kier molecular flexibility index (Phi) is 4.28. The van der Waals surface area contributed by atoms with Gasteiger partial charge in [-0.05, 0) is 12.1 Å². The van der Waals surface area contributed by atoms with Gasteiger partial charge in [-0.15, -0.1) is 0 Å². The molecule has 1 aliphatic rings. The lowest BCUT2D eigenvalue weighted by Crippen LogP contribution is -2.33. The van der Waals surface area contributed by atoms with Crippen molar-refractivity contribution in [3.8, 4) is 0 Å². The van der Waals surface area contributed by atoms with E-state index in [1.165, 1.54) is 6.07 Å². The summed E-state index contributed by atoms with van der Waals surface area (Å²) in [6.07, 6.45) is 0.0465. The highest BCUT2D eigenvalue weighted by Crippen LogP contribution is 2.43. The van der Waals surface area contributed by atoms with Crippen LogP contribution >= 0.6 is 58.0 Å². The first-order valence-electron chi connectivity index (χ1n) is 4.90. The van der Waals surface area contributed by atoms with Gasteiger partial charge in [0.15, 0.2) is 0 Å². The summed E-state index contributed by atoms with van der Waals surface area (Å²) >= 11 is 29.0. The molecule has 0 spiro atoms. The normalized spacial score (nSPS) is 28.7. The number of hydroxylamine groups is 1. The number of benzene rings is 1. The van der Waals surface area contributed by atoms with Gasteiger partial charge < -0.3 is 5.11 Å². The summed E-state index contributed by atoms with van der Waals surface area (Å²) < 4.78 is -1.59. The van der Waals surface area contributed by atoms with Crippen molar-refractivity contribution in [1.82, 2.24) is 5.48 Å². The molecule has 0 aliphatic carbocycles. The molecule has 1 saturated heterocycles. The van der Waals surface area contributed by atoms with Crippen LogP contribution in [0.5, 0.6) is 0 Å². The maximum absolute atomic E-state index is 10.4. The molecule has 2 rings (SSSR count). The second-order valence-electron chi connectivity index (χ2n) is 3.93. The van der Waals surface area contributed by atoms with E-state index in [0.29, 0.717) is 10.6 Å². The Labute approximate surface area is 129 Å². The molecule has 0 unspecified atom stereocenters. The van der Waals surface area contributed by atoms with Gasteiger partial charge in [-0.2, -0.15) is 5.48 Å². The van der Waals surface area contributed by atoms with Gasteiger partial charge in [0.2, 0.25) is 9.58 Å². The SMILES string of the molecule is O[C@]1(c2ccc(Cl)cc2Cl)C[C@H](C(Cl)(Cl)Cl)NO1. The largest absolute Gasteiger partial charge is 0.361 e. The summed E-state index contributed by atoms with van der Waals surface area (Å²) in [6.45, 7) is 0. The summed E-state index contributed by atoms with van der Waals surface area (Å²) in [7, 11) is 0. The Morgan fingerprint density at radius 1 is 1.33 bits per heavy atom. The average molecular weight is 351 g/mol. The van der Waals surface area contributed by atoms with E-state index < -0.39 is 15.6 Å². The second kappa shape index (κ2) is 5.15. The van der Waals surface area contributed by atoms with Crippen LogP contribution in [-0.4, -0.2) is 14.9 Å². The topological polar surface area (TPSA) is 41.5 Å². The molecule has 0 saturated carbocycles. The number of halogens is 5. The second-order valence-corrected chi connectivity index (χ2v) is 7.14. The molecule has 2 N–H and O–H groups in total. The molecule has 0 radical (unpaired) electrons. The molecule has 1 fully saturated rings. The minimum atomic E-state index is -1.66. The molecule has 1 aliphatic heterocycles. The summed E-state index contributed by atoms with van der Waals surface area (Å²) in [5, 5.41) is 11.1. The van der Waals surface area contributed by atoms with Crippen LogP contribution < -0.4 is 5.48 Å². The standard InChI is InChI=1S/C10H8Cl5NO2/c11-5-1-2-6(7(12)3-5)9(17)4-8(16-18-9)10(13,14)15/h1-3,8,16-17H,4H2/t8-,9-/m1/s1. The molecule has 1 aromatic carbocycles. The van der Waals surface area contributed by atoms with Gasteiger partial charge in [-0.1, -0.05) is 64.1 Å². The zero-order valence-corrected chi connectivity index (χ0v) is 12.5. The highest BCUT2D eigenvalue weighted by Gasteiger charge is 2.49. The fraction of sp³-hybridized carbons (Fsp3) is 0.400. The quantitative estimate of drug-likeness (QED) is 0.756. The molecule has 18 heavy (non-hydrogen) atoms. The Bertz CT molecular complexity index is 464. The van der Waals surface area contributed by atoms with Gasteiger partial charge in [0.1, 0.15) is 0 Å². The zero-order valence-electron chi connectivity index (χ0n) is 8.76. The van der Waals surface area contributed by atoms with Gasteiger partial charge in [0.25, 0.3) is 0 Å². The third-order valence-corrected chi connectivity index (χ3v) is 3.94. The minimum Gasteiger partial charge on any atom is -0.361 e. The van der Waals surface area contributed by atoms with Gasteiger partial charge in [0.05, 0.1) is 11.1 Å². The van der Waals surface area contributed by atoms with Crippen LogP contribution in [0.4, 0.5) is 0 Å². The molecular formula is C10H8Cl5NO2. The third-order valence-electron chi connectivity index (χ3n) is 2.60. The number of rotatable bonds is 1. The maximum Gasteiger partial charge on any atom is 0.214 e. The molecule has 1 heterocycles. The summed E-state index contributed by atoms with van der Waals surface area (Å²) in [4.78, 5) is 5.11. The Morgan fingerprint density at radius 3 is 2.50 bits per heavy atom. The van der Waals surface area contributed by atoms with E-state index in [-0.39, 0.29) is 11.4 Å². The molecule has 0 aromatic heterocycles. The monoisotopic (exact) mass is 349 g/mol. The highest BCUT2D eigenvalue weighted by molar-refractivity contribution is 6.68. The van der Waals surface area contributed by atoms with Crippen molar-refractivity contribution < 1.29 is 9.94 Å². The lowest BCUT2D eigenvalue weighted by Gasteiger charge is -2.22. The van der Waals surface area contributed by atoms with Crippen LogP contribution in [0.15, 0.2) is 18.2 Å². The Balaban J connectivity index is 2.28. The maximum atomic E-state index is 10.4. The lowest BCUT2D eigenvalue weighted by atomic mass is 10.00. The van der Waals surface area contributed by atoms with Crippen LogP contribution in [0.3, 0.4) is 0 Å². The first kappa shape index (κ1) is 14.9. The summed E-state index contributed by atoms with van der Waals surface area (Å²) in [5.41, 5.74) is 2.85. The van der Waals surface area contributed by atoms with Crippen LogP contribution in [-0.2, 0) is 10.6 Å². The van der Waals surface area contributed by atoms with Crippen LogP contribution in [0, 0.1) is 0 Å². The van der Waals surface area contributed by atoms with E-state index in [1.807, 2.05) is 0 Å². The highest BCUT2D eigenvalue weighted by atomic mass is 35.6. The molecule has 8 heteroatoms. The van der Waals surface area contributed by atoms with Crippen molar-refractivity contribution in [2.45, 2.75) is 22.0 Å². The minimum absolute atomic E-state index is 0.0465. The number of aliphatic hydroxyl groups is 1. The number of hydrogen-bond acceptors (Lipinski definition) is 3. The van der Waals surface area contributed by atoms with E-state index in [9.17, 15) is 5.11 Å². The molecule has 100 valence electrons. The van der Waals surface area contributed by atoms with E-state index in [2.05, 4.69) is 5.48 Å². The summed E-state index contributed by atoms with van der Waals surface area (Å²) in [6, 6.07) is 4.00. The van der Waals surface area contributed by atoms with Crippen LogP contribution in [0.1, 0.15) is 12.0 Å². The van der Waals surface area contributed by atoms with Crippen molar-refractivity contribution >= 4 is 58.0 Å². The van der Waals surface area contributed by atoms with Gasteiger partial charge in [-0.25, -0.2) is 0 Å². The molecule has 1 aromatic rings. The van der Waals surface area contributed by atoms with Crippen molar-refractivity contribution in [1.29, 1.82) is 0 Å². The number of hydrogen-bond donors (Lipinski definition) is 2. The molecular weight excluding hydrogens is 343 g/mol. The van der Waals surface area contributed by atoms with E-state index in [4.69, 9.17) is 62.8 Å². The predicted octanol–water partition coefficient (Wildman–Crippen LogP) is 3.80. The summed E-state index contributed by atoms with van der Waals surface area (Å²) in [5.74, 6) is -1.66. The van der Waals surface area contributed by atoms with Crippen molar-refractivity contribution in [3.63, 3.8) is 0 Å². The van der Waals surface area contributed by atoms with Gasteiger partial charge >= 0.3 is 0 Å². The fourth-order valence-electron chi connectivity index (χ4n) is 1.68. The number of nitrogens with one attached hydrogen (secondary N) is 1. The van der Waals surface area contributed by atoms with Crippen molar-refractivity contribution in [2.75, 3.05) is 0 Å². The zero-order chi connectivity index (χ0) is 13.6. The Hall–Kier alpha value is 0.550. The smallest absolute Gasteiger partial charge is 0.214 e. The van der Waals surface area contributed by atoms with Gasteiger partial charge in [0, 0.05) is 17.0 Å². The Morgan fingerprint density at radius 2 is 2.00 bits per heavy atom. The van der Waals surface area contributed by atoms with Crippen LogP contribution in [0.25, 0.3) is 0 Å². The van der Waals surface area contributed by atoms with Crippen LogP contribution in [0.2, 0.25) is 10.0 Å². The molecule has 0 bridgehead atoms. The molecule has 3 nitrogen and oxygen atoms in total. The van der Waals surface area contributed by atoms with Crippen molar-refractivity contribution in [2.24, 2.45) is 0 Å². The predicted molar refractivity (Wildman–Crippen MR) is 73.3 cm³/mol. The van der Waals surface area contributed by atoms with E-state index >= 15 is 0 Å². The van der Waals surface area contributed by atoms with E-state index in [0.717, 1.165) is 0 Å². The molecule has 0 amide bonds. The van der Waals surface area contributed by atoms with E-state index in [1.54, 1.807) is 12.1 Å². The van der Waals surface area contributed by atoms with Crippen molar-refractivity contribution in [3.05, 3.63) is 33.8 Å². The number of alkyl halides is 3. The lowest BCUT2D eigenvalue weighted by molar-refractivity contribution is -0.209. The third kappa shape index (κ3) is 3.00. The molecule has 2 atom stereocenters.